The van der Waals surface area contributed by atoms with E-state index < -0.39 is 11.7 Å². The van der Waals surface area contributed by atoms with Crippen LogP contribution in [0, 0.1) is 5.92 Å². The predicted molar refractivity (Wildman–Crippen MR) is 101 cm³/mol. The van der Waals surface area contributed by atoms with E-state index in [2.05, 4.69) is 0 Å². The molecule has 4 nitrogen and oxygen atoms in total. The zero-order chi connectivity index (χ0) is 20.4. The Morgan fingerprint density at radius 1 is 1.00 bits per heavy atom. The molecule has 0 N–H and O–H groups in total. The quantitative estimate of drug-likeness (QED) is 0.699. The van der Waals surface area contributed by atoms with Gasteiger partial charge in [0.15, 0.2) is 17.3 Å². The van der Waals surface area contributed by atoms with Crippen LogP contribution >= 0.6 is 0 Å². The van der Waals surface area contributed by atoms with Gasteiger partial charge < -0.3 is 9.47 Å². The number of nitrogens with zero attached hydrogens (tertiary/aromatic N) is 1. The lowest BCUT2D eigenvalue weighted by Gasteiger charge is -2.32. The molecule has 2 aromatic rings. The molecule has 7 heteroatoms. The van der Waals surface area contributed by atoms with Crippen molar-refractivity contribution in [2.45, 2.75) is 25.6 Å². The second kappa shape index (κ2) is 8.06. The first-order chi connectivity index (χ1) is 13.9. The van der Waals surface area contributed by atoms with Crippen LogP contribution in [-0.4, -0.2) is 37.0 Å². The Hall–Kier alpha value is -2.54. The van der Waals surface area contributed by atoms with Gasteiger partial charge in [0, 0.05) is 18.0 Å². The molecule has 0 amide bonds. The summed E-state index contributed by atoms with van der Waals surface area (Å²) in [7, 11) is 0. The highest BCUT2D eigenvalue weighted by Crippen LogP contribution is 2.34. The van der Waals surface area contributed by atoms with Crippen LogP contribution in [-0.2, 0) is 12.7 Å². The van der Waals surface area contributed by atoms with Gasteiger partial charge in [-0.25, -0.2) is 0 Å². The maximum Gasteiger partial charge on any atom is 0.416 e. The number of hydrogen-bond donors (Lipinski definition) is 0. The zero-order valence-corrected chi connectivity index (χ0v) is 15.9. The van der Waals surface area contributed by atoms with E-state index in [1.807, 2.05) is 4.90 Å². The van der Waals surface area contributed by atoms with Crippen LogP contribution in [0.15, 0.2) is 42.5 Å². The van der Waals surface area contributed by atoms with Gasteiger partial charge >= 0.3 is 6.18 Å². The lowest BCUT2D eigenvalue weighted by Crippen LogP contribution is -2.36. The molecule has 0 radical (unpaired) electrons. The first-order valence-corrected chi connectivity index (χ1v) is 9.73. The summed E-state index contributed by atoms with van der Waals surface area (Å²) in [6.45, 7) is 2.37. The molecule has 154 valence electrons. The molecular weight excluding hydrogens is 383 g/mol. The van der Waals surface area contributed by atoms with Gasteiger partial charge in [0.05, 0.1) is 5.56 Å². The van der Waals surface area contributed by atoms with Gasteiger partial charge in [0.1, 0.15) is 13.2 Å². The normalized spacial score (nSPS) is 17.9. The number of rotatable bonds is 4. The van der Waals surface area contributed by atoms with Crippen LogP contribution < -0.4 is 9.47 Å². The van der Waals surface area contributed by atoms with E-state index in [9.17, 15) is 18.0 Å². The Kier molecular flexibility index (Phi) is 5.50. The molecule has 0 saturated carbocycles. The van der Waals surface area contributed by atoms with Gasteiger partial charge in [-0.2, -0.15) is 13.2 Å². The third-order valence-electron chi connectivity index (χ3n) is 5.50. The first kappa shape index (κ1) is 19.8. The summed E-state index contributed by atoms with van der Waals surface area (Å²) in [5.74, 6) is 1.15. The highest BCUT2D eigenvalue weighted by atomic mass is 19.4. The van der Waals surface area contributed by atoms with E-state index in [0.29, 0.717) is 56.2 Å². The predicted octanol–water partition coefficient (Wildman–Crippen LogP) is 4.57. The second-order valence-corrected chi connectivity index (χ2v) is 7.43. The first-order valence-electron chi connectivity index (χ1n) is 9.73. The summed E-state index contributed by atoms with van der Waals surface area (Å²) >= 11 is 0. The number of alkyl halides is 3. The molecule has 0 spiro atoms. The van der Waals surface area contributed by atoms with Crippen molar-refractivity contribution in [2.24, 2.45) is 5.92 Å². The van der Waals surface area contributed by atoms with Crippen molar-refractivity contribution in [2.75, 3.05) is 26.3 Å². The van der Waals surface area contributed by atoms with Gasteiger partial charge in [-0.15, -0.1) is 0 Å². The number of hydrogen-bond acceptors (Lipinski definition) is 4. The van der Waals surface area contributed by atoms with Crippen LogP contribution in [0.4, 0.5) is 13.2 Å². The fourth-order valence-electron chi connectivity index (χ4n) is 3.96. The summed E-state index contributed by atoms with van der Waals surface area (Å²) < 4.78 is 50.6. The minimum atomic E-state index is -4.36. The number of benzene rings is 2. The zero-order valence-electron chi connectivity index (χ0n) is 15.9. The van der Waals surface area contributed by atoms with E-state index in [1.54, 1.807) is 24.3 Å². The lowest BCUT2D eigenvalue weighted by molar-refractivity contribution is -0.138. The molecule has 2 aromatic carbocycles. The standard InChI is InChI=1S/C22H22F3NO3/c23-22(24,25)18-4-2-1-3-17(18)14-26-9-7-15(8-10-26)21(27)16-5-6-19-20(13-16)29-12-11-28-19/h1-6,13,15H,7-12,14H2. The van der Waals surface area contributed by atoms with Crippen molar-refractivity contribution < 1.29 is 27.4 Å². The molecule has 1 saturated heterocycles. The van der Waals surface area contributed by atoms with Crippen LogP contribution in [0.3, 0.4) is 0 Å². The SMILES string of the molecule is O=C(c1ccc2c(c1)OCCO2)C1CCN(Cc2ccccc2C(F)(F)F)CC1. The second-order valence-electron chi connectivity index (χ2n) is 7.43. The topological polar surface area (TPSA) is 38.8 Å². The average molecular weight is 405 g/mol. The number of ether oxygens (including phenoxy) is 2. The van der Waals surface area contributed by atoms with Crippen molar-refractivity contribution in [1.82, 2.24) is 4.90 Å². The van der Waals surface area contributed by atoms with Crippen LogP contribution in [0.2, 0.25) is 0 Å². The summed E-state index contributed by atoms with van der Waals surface area (Å²) in [5.41, 5.74) is 0.279. The largest absolute Gasteiger partial charge is 0.486 e. The average Bonchev–Trinajstić information content (AvgIpc) is 2.73. The van der Waals surface area contributed by atoms with Gasteiger partial charge in [-0.1, -0.05) is 18.2 Å². The Morgan fingerprint density at radius 2 is 1.69 bits per heavy atom. The maximum atomic E-state index is 13.2. The Balaban J connectivity index is 1.38. The summed E-state index contributed by atoms with van der Waals surface area (Å²) in [4.78, 5) is 14.9. The molecule has 2 aliphatic rings. The third-order valence-corrected chi connectivity index (χ3v) is 5.50. The number of piperidine rings is 1. The lowest BCUT2D eigenvalue weighted by atomic mass is 9.88. The Bertz CT molecular complexity index is 889. The van der Waals surface area contributed by atoms with E-state index in [4.69, 9.17) is 9.47 Å². The number of likely N-dealkylation sites (tertiary alicyclic amines) is 1. The summed E-state index contributed by atoms with van der Waals surface area (Å²) in [5, 5.41) is 0. The van der Waals surface area contributed by atoms with Crippen molar-refractivity contribution in [1.29, 1.82) is 0 Å². The third kappa shape index (κ3) is 4.40. The van der Waals surface area contributed by atoms with Crippen LogP contribution in [0.5, 0.6) is 11.5 Å². The molecule has 4 rings (SSSR count). The molecule has 0 aliphatic carbocycles. The molecule has 0 bridgehead atoms. The highest BCUT2D eigenvalue weighted by Gasteiger charge is 2.34. The number of halogens is 3. The molecule has 0 aromatic heterocycles. The van der Waals surface area contributed by atoms with Crippen molar-refractivity contribution in [3.63, 3.8) is 0 Å². The van der Waals surface area contributed by atoms with E-state index in [-0.39, 0.29) is 23.8 Å². The summed E-state index contributed by atoms with van der Waals surface area (Å²) in [6.07, 6.45) is -3.11. The number of carbonyl (C=O) groups excluding carboxylic acids is 1. The molecular formula is C22H22F3NO3. The monoisotopic (exact) mass is 405 g/mol. The Labute approximate surface area is 167 Å². The van der Waals surface area contributed by atoms with Gasteiger partial charge in [-0.3, -0.25) is 9.69 Å². The molecule has 2 heterocycles. The van der Waals surface area contributed by atoms with E-state index in [0.717, 1.165) is 6.07 Å². The van der Waals surface area contributed by atoms with Crippen molar-refractivity contribution in [3.05, 3.63) is 59.2 Å². The van der Waals surface area contributed by atoms with Crippen LogP contribution in [0.25, 0.3) is 0 Å². The van der Waals surface area contributed by atoms with Gasteiger partial charge in [0.2, 0.25) is 0 Å². The fourth-order valence-corrected chi connectivity index (χ4v) is 3.96. The van der Waals surface area contributed by atoms with Crippen molar-refractivity contribution >= 4 is 5.78 Å². The number of Topliss-reactive ketones (excluding diaryl/α,β-unsaturated/α-hetero) is 1. The van der Waals surface area contributed by atoms with Crippen molar-refractivity contribution in [3.8, 4) is 11.5 Å². The minimum Gasteiger partial charge on any atom is -0.486 e. The molecule has 29 heavy (non-hydrogen) atoms. The minimum absolute atomic E-state index is 0.0531. The number of fused-ring (bicyclic) bond motifs is 1. The van der Waals surface area contributed by atoms with Crippen LogP contribution in [0.1, 0.15) is 34.3 Å². The van der Waals surface area contributed by atoms with Gasteiger partial charge in [-0.05, 0) is 55.8 Å². The molecule has 1 fully saturated rings. The molecule has 0 unspecified atom stereocenters. The fraction of sp³-hybridized carbons (Fsp3) is 0.409. The van der Waals surface area contributed by atoms with E-state index in [1.165, 1.54) is 12.1 Å². The smallest absolute Gasteiger partial charge is 0.416 e. The van der Waals surface area contributed by atoms with Gasteiger partial charge in [0.25, 0.3) is 0 Å². The highest BCUT2D eigenvalue weighted by molar-refractivity contribution is 5.98. The van der Waals surface area contributed by atoms with E-state index >= 15 is 0 Å². The maximum absolute atomic E-state index is 13.2. The summed E-state index contributed by atoms with van der Waals surface area (Å²) in [6, 6.07) is 10.9. The number of ketones is 1. The molecule has 0 atom stereocenters. The molecule has 2 aliphatic heterocycles. The Morgan fingerprint density at radius 3 is 2.41 bits per heavy atom. The number of carbonyl (C=O) groups is 1.